The van der Waals surface area contributed by atoms with Crippen LogP contribution >= 0.6 is 15.9 Å². The van der Waals surface area contributed by atoms with Crippen LogP contribution < -0.4 is 9.62 Å². The summed E-state index contributed by atoms with van der Waals surface area (Å²) in [7, 11) is -3.81. The standard InChI is InChI=1S/C31H38BrN3O4S/c1-5-6-19-33-31(37)29(20-25-12-8-7-9-13-25)34(21-26-15-17-27(32)18-16-26)30(36)22-35(40(4,38)39)28-14-10-11-23(2)24(28)3/h7-18,29H,5-6,19-22H2,1-4H3,(H,33,37)/t29-/m0/s1. The average molecular weight is 629 g/mol. The number of halogens is 1. The van der Waals surface area contributed by atoms with Crippen molar-refractivity contribution in [1.29, 1.82) is 0 Å². The second kappa shape index (κ2) is 14.5. The lowest BCUT2D eigenvalue weighted by Gasteiger charge is -2.34. The van der Waals surface area contributed by atoms with Gasteiger partial charge in [0.2, 0.25) is 21.8 Å². The molecular formula is C31H38BrN3O4S. The molecule has 3 rings (SSSR count). The third kappa shape index (κ3) is 8.66. The molecule has 1 N–H and O–H groups in total. The maximum absolute atomic E-state index is 14.1. The number of anilines is 1. The van der Waals surface area contributed by atoms with Gasteiger partial charge in [0.05, 0.1) is 11.9 Å². The number of unbranched alkanes of at least 4 members (excludes halogenated alkanes) is 1. The van der Waals surface area contributed by atoms with Crippen molar-refractivity contribution in [3.05, 3.63) is 99.5 Å². The van der Waals surface area contributed by atoms with Gasteiger partial charge in [-0.05, 0) is 60.7 Å². The van der Waals surface area contributed by atoms with E-state index in [1.54, 1.807) is 12.1 Å². The smallest absolute Gasteiger partial charge is 0.244 e. The molecule has 0 aliphatic rings. The molecule has 9 heteroatoms. The van der Waals surface area contributed by atoms with Crippen molar-refractivity contribution in [3.8, 4) is 0 Å². The largest absolute Gasteiger partial charge is 0.354 e. The van der Waals surface area contributed by atoms with E-state index in [2.05, 4.69) is 21.2 Å². The lowest BCUT2D eigenvalue weighted by atomic mass is 10.0. The quantitative estimate of drug-likeness (QED) is 0.258. The molecule has 3 aromatic carbocycles. The lowest BCUT2D eigenvalue weighted by molar-refractivity contribution is -0.140. The van der Waals surface area contributed by atoms with E-state index in [9.17, 15) is 18.0 Å². The Labute approximate surface area is 246 Å². The van der Waals surface area contributed by atoms with Gasteiger partial charge in [0, 0.05) is 24.0 Å². The van der Waals surface area contributed by atoms with Gasteiger partial charge < -0.3 is 10.2 Å². The predicted molar refractivity (Wildman–Crippen MR) is 165 cm³/mol. The summed E-state index contributed by atoms with van der Waals surface area (Å²) in [5, 5.41) is 2.99. The van der Waals surface area contributed by atoms with Crippen LogP contribution in [0.5, 0.6) is 0 Å². The highest BCUT2D eigenvalue weighted by Gasteiger charge is 2.33. The first kappa shape index (κ1) is 31.4. The molecule has 0 unspecified atom stereocenters. The molecule has 7 nitrogen and oxygen atoms in total. The number of carbonyl (C=O) groups is 2. The van der Waals surface area contributed by atoms with Gasteiger partial charge in [-0.2, -0.15) is 0 Å². The minimum atomic E-state index is -3.81. The number of hydrogen-bond donors (Lipinski definition) is 1. The van der Waals surface area contributed by atoms with Gasteiger partial charge in [0.15, 0.2) is 0 Å². The number of rotatable bonds is 13. The van der Waals surface area contributed by atoms with Crippen LogP contribution in [0.1, 0.15) is 42.0 Å². The molecule has 0 aliphatic heterocycles. The first-order valence-corrected chi connectivity index (χ1v) is 16.0. The van der Waals surface area contributed by atoms with Crippen molar-refractivity contribution in [2.75, 3.05) is 23.7 Å². The first-order valence-electron chi connectivity index (χ1n) is 13.4. The number of aryl methyl sites for hydroxylation is 1. The van der Waals surface area contributed by atoms with Gasteiger partial charge in [-0.25, -0.2) is 8.42 Å². The summed E-state index contributed by atoms with van der Waals surface area (Å²) in [6, 6.07) is 21.6. The highest BCUT2D eigenvalue weighted by atomic mass is 79.9. The molecule has 0 radical (unpaired) electrons. The van der Waals surface area contributed by atoms with Crippen LogP contribution in [0.4, 0.5) is 5.69 Å². The topological polar surface area (TPSA) is 86.8 Å². The fourth-order valence-corrected chi connectivity index (χ4v) is 5.61. The van der Waals surface area contributed by atoms with E-state index < -0.39 is 28.5 Å². The number of amides is 2. The van der Waals surface area contributed by atoms with Crippen molar-refractivity contribution in [2.45, 2.75) is 52.6 Å². The maximum Gasteiger partial charge on any atom is 0.244 e. The summed E-state index contributed by atoms with van der Waals surface area (Å²) >= 11 is 3.45. The van der Waals surface area contributed by atoms with E-state index >= 15 is 0 Å². The normalized spacial score (nSPS) is 12.0. The Morgan fingerprint density at radius 2 is 1.60 bits per heavy atom. The molecule has 0 spiro atoms. The zero-order valence-electron chi connectivity index (χ0n) is 23.6. The van der Waals surface area contributed by atoms with E-state index in [0.717, 1.165) is 50.1 Å². The number of sulfonamides is 1. The van der Waals surface area contributed by atoms with Crippen LogP contribution in [-0.2, 0) is 32.6 Å². The van der Waals surface area contributed by atoms with Crippen molar-refractivity contribution < 1.29 is 18.0 Å². The van der Waals surface area contributed by atoms with E-state index in [4.69, 9.17) is 0 Å². The molecule has 0 aromatic heterocycles. The van der Waals surface area contributed by atoms with Gasteiger partial charge in [0.1, 0.15) is 12.6 Å². The van der Waals surface area contributed by atoms with Gasteiger partial charge in [-0.1, -0.05) is 83.9 Å². The van der Waals surface area contributed by atoms with Crippen LogP contribution in [0.3, 0.4) is 0 Å². The van der Waals surface area contributed by atoms with Crippen molar-refractivity contribution in [3.63, 3.8) is 0 Å². The molecule has 2 amide bonds. The molecule has 40 heavy (non-hydrogen) atoms. The molecule has 0 saturated carbocycles. The lowest BCUT2D eigenvalue weighted by Crippen LogP contribution is -2.53. The number of benzene rings is 3. The Hall–Kier alpha value is -3.17. The van der Waals surface area contributed by atoms with Gasteiger partial charge >= 0.3 is 0 Å². The summed E-state index contributed by atoms with van der Waals surface area (Å²) in [4.78, 5) is 29.3. The predicted octanol–water partition coefficient (Wildman–Crippen LogP) is 5.39. The Bertz CT molecular complexity index is 1400. The number of nitrogens with one attached hydrogen (secondary N) is 1. The molecule has 1 atom stereocenters. The molecule has 0 saturated heterocycles. The van der Waals surface area contributed by atoms with E-state index in [1.807, 2.05) is 81.4 Å². The number of hydrogen-bond acceptors (Lipinski definition) is 4. The third-order valence-corrected chi connectivity index (χ3v) is 8.55. The molecule has 0 aliphatic carbocycles. The number of carbonyl (C=O) groups excluding carboxylic acids is 2. The van der Waals surface area contributed by atoms with Gasteiger partial charge in [-0.3, -0.25) is 13.9 Å². The minimum absolute atomic E-state index is 0.148. The van der Waals surface area contributed by atoms with Crippen LogP contribution in [0.25, 0.3) is 0 Å². The zero-order valence-corrected chi connectivity index (χ0v) is 26.0. The fourth-order valence-electron chi connectivity index (χ4n) is 4.45. The zero-order chi connectivity index (χ0) is 29.3. The van der Waals surface area contributed by atoms with Crippen LogP contribution in [-0.4, -0.2) is 50.5 Å². The molecule has 3 aromatic rings. The number of nitrogens with zero attached hydrogens (tertiary/aromatic N) is 2. The Morgan fingerprint density at radius 3 is 2.23 bits per heavy atom. The maximum atomic E-state index is 14.1. The van der Waals surface area contributed by atoms with Gasteiger partial charge in [-0.15, -0.1) is 0 Å². The highest BCUT2D eigenvalue weighted by Crippen LogP contribution is 2.26. The second-order valence-electron chi connectivity index (χ2n) is 9.99. The van der Waals surface area contributed by atoms with Gasteiger partial charge in [0.25, 0.3) is 0 Å². The molecular weight excluding hydrogens is 590 g/mol. The SMILES string of the molecule is CCCCNC(=O)[C@H](Cc1ccccc1)N(Cc1ccc(Br)cc1)C(=O)CN(c1cccc(C)c1C)S(C)(=O)=O. The summed E-state index contributed by atoms with van der Waals surface area (Å²) in [6.45, 7) is 6.01. The van der Waals surface area contributed by atoms with Crippen molar-refractivity contribution >= 4 is 43.5 Å². The van der Waals surface area contributed by atoms with E-state index in [-0.39, 0.29) is 12.5 Å². The molecule has 0 bridgehead atoms. The Kier molecular flexibility index (Phi) is 11.3. The molecule has 0 fully saturated rings. The van der Waals surface area contributed by atoms with E-state index in [0.29, 0.717) is 18.7 Å². The highest BCUT2D eigenvalue weighted by molar-refractivity contribution is 9.10. The minimum Gasteiger partial charge on any atom is -0.354 e. The first-order chi connectivity index (χ1) is 19.0. The Balaban J connectivity index is 2.05. The second-order valence-corrected chi connectivity index (χ2v) is 12.8. The van der Waals surface area contributed by atoms with Crippen molar-refractivity contribution in [2.24, 2.45) is 0 Å². The monoisotopic (exact) mass is 627 g/mol. The van der Waals surface area contributed by atoms with Crippen LogP contribution in [0.15, 0.2) is 77.3 Å². The summed E-state index contributed by atoms with van der Waals surface area (Å²) in [5.41, 5.74) is 3.88. The molecule has 214 valence electrons. The fraction of sp³-hybridized carbons (Fsp3) is 0.355. The molecule has 0 heterocycles. The summed E-state index contributed by atoms with van der Waals surface area (Å²) in [6.07, 6.45) is 3.13. The van der Waals surface area contributed by atoms with E-state index in [1.165, 1.54) is 4.90 Å². The van der Waals surface area contributed by atoms with Crippen LogP contribution in [0, 0.1) is 13.8 Å². The summed E-state index contributed by atoms with van der Waals surface area (Å²) in [5.74, 6) is -0.721. The van der Waals surface area contributed by atoms with Crippen molar-refractivity contribution in [1.82, 2.24) is 10.2 Å². The van der Waals surface area contributed by atoms with Crippen LogP contribution in [0.2, 0.25) is 0 Å². The Morgan fingerprint density at radius 1 is 0.925 bits per heavy atom. The summed E-state index contributed by atoms with van der Waals surface area (Å²) < 4.78 is 28.0. The average Bonchev–Trinajstić information content (AvgIpc) is 2.92. The third-order valence-electron chi connectivity index (χ3n) is 6.89.